The molecule has 0 saturated carbocycles. The number of amides is 1. The Hall–Kier alpha value is -3.99. The van der Waals surface area contributed by atoms with E-state index in [-0.39, 0.29) is 10.5 Å². The van der Waals surface area contributed by atoms with Gasteiger partial charge in [0.15, 0.2) is 0 Å². The van der Waals surface area contributed by atoms with Crippen molar-refractivity contribution in [2.45, 2.75) is 23.3 Å². The lowest BCUT2D eigenvalue weighted by Gasteiger charge is -2.36. The minimum Gasteiger partial charge on any atom is -0.384 e. The maximum atomic E-state index is 13.1. The zero-order chi connectivity index (χ0) is 35.1. The smallest absolute Gasteiger partial charge is 0.264 e. The number of piperazine rings is 1. The van der Waals surface area contributed by atoms with Crippen molar-refractivity contribution in [1.82, 2.24) is 9.62 Å². The highest BCUT2D eigenvalue weighted by atomic mass is 35.5. The maximum absolute atomic E-state index is 13.1. The second-order valence-electron chi connectivity index (χ2n) is 12.1. The van der Waals surface area contributed by atoms with E-state index in [1.165, 1.54) is 16.5 Å². The van der Waals surface area contributed by atoms with Gasteiger partial charge in [0.05, 0.1) is 14.9 Å². The van der Waals surface area contributed by atoms with Gasteiger partial charge in [-0.1, -0.05) is 71.7 Å². The molecule has 1 saturated heterocycles. The third-order valence-corrected chi connectivity index (χ3v) is 11.8. The molecule has 7 nitrogen and oxygen atoms in total. The van der Waals surface area contributed by atoms with Gasteiger partial charge in [0.25, 0.3) is 15.9 Å². The number of nitrogens with one attached hydrogen (secondary N) is 2. The predicted octanol–water partition coefficient (Wildman–Crippen LogP) is 8.61. The van der Waals surface area contributed by atoms with Gasteiger partial charge in [0, 0.05) is 66.9 Å². The van der Waals surface area contributed by atoms with Crippen molar-refractivity contribution in [3.63, 3.8) is 0 Å². The first kappa shape index (κ1) is 35.8. The summed E-state index contributed by atoms with van der Waals surface area (Å²) < 4.78 is 28.5. The molecule has 0 aromatic heterocycles. The summed E-state index contributed by atoms with van der Waals surface area (Å²) in [5.74, 6) is 0.200. The molecule has 1 aliphatic heterocycles. The second-order valence-corrected chi connectivity index (χ2v) is 15.8. The summed E-state index contributed by atoms with van der Waals surface area (Å²) in [6.07, 6.45) is 0. The number of benzene rings is 5. The molecule has 6 rings (SSSR count). The van der Waals surface area contributed by atoms with Gasteiger partial charge in [-0.05, 0) is 95.9 Å². The number of rotatable bonds is 12. The quantitative estimate of drug-likeness (QED) is 0.0978. The van der Waals surface area contributed by atoms with Crippen molar-refractivity contribution in [1.29, 1.82) is 0 Å². The molecule has 5 aromatic carbocycles. The zero-order valence-electron chi connectivity index (χ0n) is 27.6. The van der Waals surface area contributed by atoms with Crippen molar-refractivity contribution in [2.75, 3.05) is 48.7 Å². The minimum atomic E-state index is -4.06. The lowest BCUT2D eigenvalue weighted by molar-refractivity contribution is 0.0981. The highest BCUT2D eigenvalue weighted by Gasteiger charge is 2.22. The fourth-order valence-electron chi connectivity index (χ4n) is 5.95. The van der Waals surface area contributed by atoms with E-state index in [4.69, 9.17) is 23.2 Å². The van der Waals surface area contributed by atoms with Crippen LogP contribution in [0, 0.1) is 6.92 Å². The van der Waals surface area contributed by atoms with Crippen molar-refractivity contribution in [3.8, 4) is 11.1 Å². The van der Waals surface area contributed by atoms with Crippen LogP contribution in [0.25, 0.3) is 11.1 Å². The Kier molecular flexibility index (Phi) is 11.7. The monoisotopic (exact) mass is 744 g/mol. The van der Waals surface area contributed by atoms with E-state index in [9.17, 15) is 13.2 Å². The van der Waals surface area contributed by atoms with Crippen molar-refractivity contribution in [2.24, 2.45) is 0 Å². The number of sulfonamides is 1. The first-order valence-electron chi connectivity index (χ1n) is 16.4. The number of hydrogen-bond donors (Lipinski definition) is 2. The van der Waals surface area contributed by atoms with E-state index in [0.717, 1.165) is 73.1 Å². The van der Waals surface area contributed by atoms with Gasteiger partial charge in [-0.15, -0.1) is 11.8 Å². The standard InChI is InChI=1S/C39H38Cl2N4O3S2/c1-28-25-34(16-18-38(28)42-19-24-49-33-8-3-2-4-9-33)50(47,48)43-39(46)29-11-14-32(15-12-29)45-22-20-44(21-23-45)27-31-7-5-6-10-35(31)30-13-17-36(40)37(41)26-30/h2-18,25-26,42H,19-24,27H2,1H3,(H,43,46). The number of aryl methyl sites for hydroxylation is 1. The van der Waals surface area contributed by atoms with E-state index in [1.807, 2.05) is 61.5 Å². The fourth-order valence-corrected chi connectivity index (χ4v) is 8.09. The summed E-state index contributed by atoms with van der Waals surface area (Å²) >= 11 is 14.2. The average Bonchev–Trinajstić information content (AvgIpc) is 3.13. The van der Waals surface area contributed by atoms with Crippen molar-refractivity contribution >= 4 is 62.3 Å². The van der Waals surface area contributed by atoms with Crippen LogP contribution in [-0.2, 0) is 16.6 Å². The molecule has 11 heteroatoms. The van der Waals surface area contributed by atoms with Gasteiger partial charge in [-0.2, -0.15) is 0 Å². The van der Waals surface area contributed by atoms with Gasteiger partial charge < -0.3 is 10.2 Å². The topological polar surface area (TPSA) is 81.8 Å². The second kappa shape index (κ2) is 16.4. The van der Waals surface area contributed by atoms with Gasteiger partial charge in [0.2, 0.25) is 0 Å². The Balaban J connectivity index is 1.00. The average molecular weight is 746 g/mol. The van der Waals surface area contributed by atoms with E-state index >= 15 is 0 Å². The van der Waals surface area contributed by atoms with Crippen LogP contribution in [0.4, 0.5) is 11.4 Å². The molecule has 0 bridgehead atoms. The Bertz CT molecular complexity index is 2050. The van der Waals surface area contributed by atoms with Gasteiger partial charge in [-0.25, -0.2) is 13.1 Å². The molecule has 0 atom stereocenters. The summed E-state index contributed by atoms with van der Waals surface area (Å²) in [6.45, 7) is 6.78. The molecule has 0 radical (unpaired) electrons. The highest BCUT2D eigenvalue weighted by Crippen LogP contribution is 2.31. The molecule has 0 aliphatic carbocycles. The zero-order valence-corrected chi connectivity index (χ0v) is 30.8. The number of hydrogen-bond acceptors (Lipinski definition) is 7. The summed E-state index contributed by atoms with van der Waals surface area (Å²) in [6, 6.07) is 36.2. The molecule has 0 unspecified atom stereocenters. The SMILES string of the molecule is Cc1cc(S(=O)(=O)NC(=O)c2ccc(N3CCN(Cc4ccccc4-c4ccc(Cl)c(Cl)c4)CC3)cc2)ccc1NCCSc1ccccc1. The lowest BCUT2D eigenvalue weighted by Crippen LogP contribution is -2.46. The van der Waals surface area contributed by atoms with Gasteiger partial charge in [0.1, 0.15) is 0 Å². The van der Waals surface area contributed by atoms with E-state index < -0.39 is 15.9 Å². The van der Waals surface area contributed by atoms with Crippen LogP contribution in [0.3, 0.4) is 0 Å². The van der Waals surface area contributed by atoms with Crippen LogP contribution in [0.2, 0.25) is 10.0 Å². The van der Waals surface area contributed by atoms with E-state index in [2.05, 4.69) is 50.2 Å². The lowest BCUT2D eigenvalue weighted by atomic mass is 9.99. The molecule has 2 N–H and O–H groups in total. The van der Waals surface area contributed by atoms with Crippen molar-refractivity contribution < 1.29 is 13.2 Å². The van der Waals surface area contributed by atoms with Crippen molar-refractivity contribution in [3.05, 3.63) is 142 Å². The molecule has 1 heterocycles. The van der Waals surface area contributed by atoms with Crippen LogP contribution in [0.15, 0.2) is 125 Å². The largest absolute Gasteiger partial charge is 0.384 e. The molecule has 1 amide bonds. The van der Waals surface area contributed by atoms with Gasteiger partial charge >= 0.3 is 0 Å². The number of thioether (sulfide) groups is 1. The molecular weight excluding hydrogens is 707 g/mol. The number of halogens is 2. The predicted molar refractivity (Wildman–Crippen MR) is 207 cm³/mol. The third-order valence-electron chi connectivity index (χ3n) is 8.67. The molecule has 1 fully saturated rings. The number of carbonyl (C=O) groups is 1. The summed E-state index contributed by atoms with van der Waals surface area (Å²) in [4.78, 5) is 19.0. The van der Waals surface area contributed by atoms with E-state index in [1.54, 1.807) is 36.0 Å². The molecular formula is C39H38Cl2N4O3S2. The summed E-state index contributed by atoms with van der Waals surface area (Å²) in [7, 11) is -4.06. The maximum Gasteiger partial charge on any atom is 0.264 e. The van der Waals surface area contributed by atoms with Crippen LogP contribution in [0.1, 0.15) is 21.5 Å². The number of carbonyl (C=O) groups excluding carboxylic acids is 1. The Morgan fingerprint density at radius 2 is 1.52 bits per heavy atom. The Labute approximate surface area is 308 Å². The first-order valence-corrected chi connectivity index (χ1v) is 19.6. The van der Waals surface area contributed by atoms with Crippen LogP contribution in [0.5, 0.6) is 0 Å². The molecule has 1 aliphatic rings. The molecule has 50 heavy (non-hydrogen) atoms. The number of nitrogens with zero attached hydrogens (tertiary/aromatic N) is 2. The first-order chi connectivity index (χ1) is 24.2. The summed E-state index contributed by atoms with van der Waals surface area (Å²) in [5, 5.41) is 4.44. The molecule has 0 spiro atoms. The minimum absolute atomic E-state index is 0.0432. The van der Waals surface area contributed by atoms with E-state index in [0.29, 0.717) is 10.0 Å². The fraction of sp³-hybridized carbons (Fsp3) is 0.205. The Morgan fingerprint density at radius 1 is 0.800 bits per heavy atom. The molecule has 5 aromatic rings. The van der Waals surface area contributed by atoms with Crippen LogP contribution < -0.4 is 14.9 Å². The normalized spacial score (nSPS) is 13.6. The Morgan fingerprint density at radius 3 is 2.24 bits per heavy atom. The third kappa shape index (κ3) is 9.02. The highest BCUT2D eigenvalue weighted by molar-refractivity contribution is 7.99. The number of anilines is 2. The summed E-state index contributed by atoms with van der Waals surface area (Å²) in [5.41, 5.74) is 6.30. The van der Waals surface area contributed by atoms with Gasteiger partial charge in [-0.3, -0.25) is 9.69 Å². The molecule has 258 valence electrons. The van der Waals surface area contributed by atoms with Crippen LogP contribution >= 0.6 is 35.0 Å². The van der Waals surface area contributed by atoms with Crippen LogP contribution in [-0.4, -0.2) is 57.7 Å².